The summed E-state index contributed by atoms with van der Waals surface area (Å²) < 4.78 is 28.0. The van der Waals surface area contributed by atoms with Gasteiger partial charge in [0, 0.05) is 31.4 Å². The lowest BCUT2D eigenvalue weighted by Gasteiger charge is -2.40. The van der Waals surface area contributed by atoms with E-state index in [1.54, 1.807) is 0 Å². The fraction of sp³-hybridized carbons (Fsp3) is 0.333. The van der Waals surface area contributed by atoms with E-state index in [9.17, 15) is 18.0 Å². The normalized spacial score (nSPS) is 20.2. The molecule has 0 radical (unpaired) electrons. The number of hydrogen-bond donors (Lipinski definition) is 2. The highest BCUT2D eigenvalue weighted by Crippen LogP contribution is 2.30. The molecule has 8 nitrogen and oxygen atoms in total. The summed E-state index contributed by atoms with van der Waals surface area (Å²) in [6.07, 6.45) is -0.296. The summed E-state index contributed by atoms with van der Waals surface area (Å²) in [5.74, 6) is -0.899. The van der Waals surface area contributed by atoms with Crippen LogP contribution in [0.1, 0.15) is 18.9 Å². The van der Waals surface area contributed by atoms with E-state index in [4.69, 9.17) is 0 Å². The number of hydrogen-bond acceptors (Lipinski definition) is 5. The van der Waals surface area contributed by atoms with Crippen LogP contribution < -0.4 is 15.5 Å². The minimum Gasteiger partial charge on any atom is -0.366 e. The lowest BCUT2D eigenvalue weighted by Crippen LogP contribution is -2.53. The van der Waals surface area contributed by atoms with Crippen molar-refractivity contribution in [1.29, 1.82) is 0 Å². The third-order valence-corrected chi connectivity index (χ3v) is 7.32. The number of nitrogens with zero attached hydrogens (tertiary/aromatic N) is 2. The molecule has 2 N–H and O–H groups in total. The van der Waals surface area contributed by atoms with E-state index in [1.807, 2.05) is 26.0 Å². The Hall–Kier alpha value is -2.91. The molecule has 30 heavy (non-hydrogen) atoms. The van der Waals surface area contributed by atoms with Gasteiger partial charge in [-0.15, -0.1) is 0 Å². The van der Waals surface area contributed by atoms with Crippen molar-refractivity contribution in [2.24, 2.45) is 0 Å². The highest BCUT2D eigenvalue weighted by atomic mass is 32.2. The predicted octanol–water partition coefficient (Wildman–Crippen LogP) is 2.18. The first-order chi connectivity index (χ1) is 14.2. The van der Waals surface area contributed by atoms with Crippen molar-refractivity contribution in [1.82, 2.24) is 4.31 Å². The molecule has 0 aromatic heterocycles. The molecule has 9 heteroatoms. The van der Waals surface area contributed by atoms with Crippen molar-refractivity contribution in [2.45, 2.75) is 31.2 Å². The number of aryl methyl sites for hydroxylation is 1. The second-order valence-corrected chi connectivity index (χ2v) is 9.66. The van der Waals surface area contributed by atoms with Gasteiger partial charge in [-0.1, -0.05) is 17.7 Å². The predicted molar refractivity (Wildman–Crippen MR) is 115 cm³/mol. The first kappa shape index (κ1) is 20.4. The number of rotatable bonds is 3. The van der Waals surface area contributed by atoms with Gasteiger partial charge in [0.1, 0.15) is 6.42 Å². The van der Waals surface area contributed by atoms with E-state index in [0.29, 0.717) is 31.0 Å². The first-order valence-electron chi connectivity index (χ1n) is 9.81. The van der Waals surface area contributed by atoms with Crippen molar-refractivity contribution in [2.75, 3.05) is 35.2 Å². The Kier molecular flexibility index (Phi) is 5.25. The number of piperazine rings is 1. The topological polar surface area (TPSA) is 98.8 Å². The minimum absolute atomic E-state index is 0.0102. The first-order valence-corrected chi connectivity index (χ1v) is 11.3. The molecule has 2 aliphatic rings. The van der Waals surface area contributed by atoms with Crippen molar-refractivity contribution >= 4 is 38.9 Å². The van der Waals surface area contributed by atoms with Crippen LogP contribution in [0, 0.1) is 6.92 Å². The van der Waals surface area contributed by atoms with Gasteiger partial charge in [0.25, 0.3) is 0 Å². The van der Waals surface area contributed by atoms with Crippen LogP contribution in [0.3, 0.4) is 0 Å². The molecule has 1 saturated heterocycles. The van der Waals surface area contributed by atoms with Gasteiger partial charge in [-0.25, -0.2) is 8.42 Å². The van der Waals surface area contributed by atoms with Crippen LogP contribution in [0.5, 0.6) is 0 Å². The van der Waals surface area contributed by atoms with Crippen molar-refractivity contribution in [3.05, 3.63) is 48.0 Å². The van der Waals surface area contributed by atoms with Crippen LogP contribution in [0.15, 0.2) is 47.4 Å². The molecule has 0 unspecified atom stereocenters. The Bertz CT molecular complexity index is 1100. The van der Waals surface area contributed by atoms with Gasteiger partial charge < -0.3 is 15.5 Å². The number of benzene rings is 2. The van der Waals surface area contributed by atoms with Crippen LogP contribution in [-0.4, -0.2) is 50.2 Å². The van der Waals surface area contributed by atoms with E-state index in [2.05, 4.69) is 27.7 Å². The SMILES string of the molecule is Cc1ccc(N2CCN(S(=O)(=O)c3ccc4c(c3)NC(=O)CC(=O)N4)C[C@H]2C)cc1. The van der Waals surface area contributed by atoms with Gasteiger partial charge in [-0.2, -0.15) is 4.31 Å². The van der Waals surface area contributed by atoms with E-state index in [1.165, 1.54) is 28.1 Å². The zero-order valence-corrected chi connectivity index (χ0v) is 17.7. The van der Waals surface area contributed by atoms with Crippen LogP contribution >= 0.6 is 0 Å². The number of carbonyl (C=O) groups is 2. The fourth-order valence-electron chi connectivity index (χ4n) is 3.84. The molecular weight excluding hydrogens is 404 g/mol. The summed E-state index contributed by atoms with van der Waals surface area (Å²) >= 11 is 0. The molecule has 0 aliphatic carbocycles. The average Bonchev–Trinajstić information content (AvgIpc) is 2.84. The second-order valence-electron chi connectivity index (χ2n) is 7.72. The maximum Gasteiger partial charge on any atom is 0.243 e. The van der Waals surface area contributed by atoms with E-state index in [0.717, 1.165) is 5.69 Å². The van der Waals surface area contributed by atoms with Gasteiger partial charge in [-0.3, -0.25) is 9.59 Å². The number of amides is 2. The van der Waals surface area contributed by atoms with Crippen molar-refractivity contribution in [3.8, 4) is 0 Å². The summed E-state index contributed by atoms with van der Waals surface area (Å²) in [6, 6.07) is 12.6. The second kappa shape index (κ2) is 7.73. The summed E-state index contributed by atoms with van der Waals surface area (Å²) in [5, 5.41) is 5.21. The Morgan fingerprint density at radius 1 is 0.933 bits per heavy atom. The van der Waals surface area contributed by atoms with Crippen LogP contribution in [0.25, 0.3) is 0 Å². The van der Waals surface area contributed by atoms with Crippen LogP contribution in [-0.2, 0) is 19.6 Å². The number of sulfonamides is 1. The zero-order valence-electron chi connectivity index (χ0n) is 16.9. The fourth-order valence-corrected chi connectivity index (χ4v) is 5.38. The molecule has 2 aliphatic heterocycles. The third-order valence-electron chi connectivity index (χ3n) is 5.45. The molecule has 2 aromatic rings. The maximum atomic E-state index is 13.2. The Balaban J connectivity index is 1.55. The van der Waals surface area contributed by atoms with Crippen LogP contribution in [0.2, 0.25) is 0 Å². The maximum absolute atomic E-state index is 13.2. The Morgan fingerprint density at radius 2 is 1.60 bits per heavy atom. The summed E-state index contributed by atoms with van der Waals surface area (Å²) in [6.45, 7) is 5.35. The summed E-state index contributed by atoms with van der Waals surface area (Å²) in [7, 11) is -3.74. The molecule has 0 saturated carbocycles. The smallest absolute Gasteiger partial charge is 0.243 e. The Morgan fingerprint density at radius 3 is 2.27 bits per heavy atom. The quantitative estimate of drug-likeness (QED) is 0.730. The minimum atomic E-state index is -3.74. The zero-order chi connectivity index (χ0) is 21.5. The van der Waals surface area contributed by atoms with Gasteiger partial charge >= 0.3 is 0 Å². The van der Waals surface area contributed by atoms with E-state index >= 15 is 0 Å². The van der Waals surface area contributed by atoms with Crippen molar-refractivity contribution < 1.29 is 18.0 Å². The van der Waals surface area contributed by atoms with Crippen molar-refractivity contribution in [3.63, 3.8) is 0 Å². The molecule has 2 aromatic carbocycles. The number of anilines is 3. The molecule has 1 fully saturated rings. The largest absolute Gasteiger partial charge is 0.366 e. The molecular formula is C21H24N4O4S. The van der Waals surface area contributed by atoms with Gasteiger partial charge in [-0.05, 0) is 44.2 Å². The molecule has 158 valence electrons. The van der Waals surface area contributed by atoms with Crippen LogP contribution in [0.4, 0.5) is 17.1 Å². The lowest BCUT2D eigenvalue weighted by atomic mass is 10.1. The number of fused-ring (bicyclic) bond motifs is 1. The van der Waals surface area contributed by atoms with Gasteiger partial charge in [0.05, 0.1) is 16.3 Å². The standard InChI is InChI=1S/C21H24N4O4S/c1-14-3-5-16(6-4-14)25-10-9-24(13-15(25)2)30(28,29)17-7-8-18-19(11-17)23-21(27)12-20(26)22-18/h3-8,11,15H,9-10,12-13H2,1-2H3,(H,22,26)(H,23,27)/t15-/m1/s1. The highest BCUT2D eigenvalue weighted by Gasteiger charge is 2.33. The lowest BCUT2D eigenvalue weighted by molar-refractivity contribution is -0.123. The molecule has 2 heterocycles. The van der Waals surface area contributed by atoms with E-state index < -0.39 is 21.8 Å². The Labute approximate surface area is 175 Å². The third kappa shape index (κ3) is 3.90. The van der Waals surface area contributed by atoms with E-state index in [-0.39, 0.29) is 17.4 Å². The molecule has 1 atom stereocenters. The van der Waals surface area contributed by atoms with Gasteiger partial charge in [0.15, 0.2) is 0 Å². The number of carbonyl (C=O) groups excluding carboxylic acids is 2. The molecule has 2 amide bonds. The summed E-state index contributed by atoms with van der Waals surface area (Å²) in [4.78, 5) is 25.8. The number of nitrogens with one attached hydrogen (secondary N) is 2. The summed E-state index contributed by atoms with van der Waals surface area (Å²) in [5.41, 5.74) is 2.94. The highest BCUT2D eigenvalue weighted by molar-refractivity contribution is 7.89. The average molecular weight is 429 g/mol. The molecule has 4 rings (SSSR count). The van der Waals surface area contributed by atoms with Gasteiger partial charge in [0.2, 0.25) is 21.8 Å². The monoisotopic (exact) mass is 428 g/mol. The molecule has 0 spiro atoms. The molecule has 0 bridgehead atoms.